The lowest BCUT2D eigenvalue weighted by Gasteiger charge is -2.48. The zero-order chi connectivity index (χ0) is 12.0. The van der Waals surface area contributed by atoms with Crippen LogP contribution in [0.3, 0.4) is 0 Å². The number of ether oxygens (including phenoxy) is 1. The molecule has 86 valence electrons. The number of aliphatic hydroxyl groups excluding tert-OH is 1. The average Bonchev–Trinajstić information content (AvgIpc) is 2.15. The van der Waals surface area contributed by atoms with E-state index in [1.165, 1.54) is 12.2 Å². The first-order chi connectivity index (χ1) is 7.39. The number of allylic oxidation sites excluding steroid dienone is 1. The quantitative estimate of drug-likeness (QED) is 0.661. The lowest BCUT2D eigenvalue weighted by Crippen LogP contribution is -2.57. The Balaban J connectivity index is 2.42. The van der Waals surface area contributed by atoms with Gasteiger partial charge in [-0.05, 0) is 19.9 Å². The van der Waals surface area contributed by atoms with Gasteiger partial charge in [0, 0.05) is 12.8 Å². The van der Waals surface area contributed by atoms with Crippen LogP contribution in [-0.2, 0) is 9.53 Å². The number of fused-ring (bicyclic) bond motifs is 1. The highest BCUT2D eigenvalue weighted by Gasteiger charge is 2.54. The van der Waals surface area contributed by atoms with Crippen LogP contribution in [0.1, 0.15) is 26.7 Å². The van der Waals surface area contributed by atoms with Crippen LogP contribution in [-0.4, -0.2) is 28.7 Å². The summed E-state index contributed by atoms with van der Waals surface area (Å²) in [4.78, 5) is 11.3. The maximum Gasteiger partial charge on any atom is 0.158 e. The second-order valence-corrected chi connectivity index (χ2v) is 5.13. The summed E-state index contributed by atoms with van der Waals surface area (Å²) in [6, 6.07) is 2.11. The van der Waals surface area contributed by atoms with E-state index in [4.69, 9.17) is 4.74 Å². The fourth-order valence-corrected chi connectivity index (χ4v) is 2.47. The molecule has 4 nitrogen and oxygen atoms in total. The fraction of sp³-hybridized carbons (Fsp3) is 0.667. The van der Waals surface area contributed by atoms with Crippen molar-refractivity contribution in [2.24, 2.45) is 5.41 Å². The molecule has 0 saturated carbocycles. The van der Waals surface area contributed by atoms with Gasteiger partial charge in [-0.15, -0.1) is 0 Å². The van der Waals surface area contributed by atoms with Gasteiger partial charge in [0.1, 0.15) is 5.41 Å². The molecule has 1 aliphatic heterocycles. The van der Waals surface area contributed by atoms with Gasteiger partial charge in [0.2, 0.25) is 0 Å². The summed E-state index contributed by atoms with van der Waals surface area (Å²) in [6.07, 6.45) is 2.14. The lowest BCUT2D eigenvalue weighted by atomic mass is 9.68. The van der Waals surface area contributed by atoms with E-state index in [1.54, 1.807) is 0 Å². The van der Waals surface area contributed by atoms with E-state index < -0.39 is 23.2 Å². The second-order valence-electron chi connectivity index (χ2n) is 5.13. The number of carbonyl (C=O) groups is 1. The number of ketones is 1. The highest BCUT2D eigenvalue weighted by molar-refractivity contribution is 5.91. The Bertz CT molecular complexity index is 394. The molecule has 0 aromatic rings. The minimum absolute atomic E-state index is 0.0548. The molecule has 0 unspecified atom stereocenters. The van der Waals surface area contributed by atoms with Crippen molar-refractivity contribution in [3.63, 3.8) is 0 Å². The van der Waals surface area contributed by atoms with Crippen LogP contribution in [0, 0.1) is 16.7 Å². The van der Waals surface area contributed by atoms with Crippen molar-refractivity contribution >= 4 is 5.78 Å². The Hall–Kier alpha value is -1.18. The van der Waals surface area contributed by atoms with E-state index in [0.29, 0.717) is 6.42 Å². The van der Waals surface area contributed by atoms with Gasteiger partial charge in [-0.3, -0.25) is 4.79 Å². The molecular formula is C12H15NO3. The predicted octanol–water partition coefficient (Wildman–Crippen LogP) is 0.954. The molecule has 0 amide bonds. The molecule has 0 bridgehead atoms. The van der Waals surface area contributed by atoms with Crippen LogP contribution in [0.25, 0.3) is 0 Å². The van der Waals surface area contributed by atoms with E-state index >= 15 is 0 Å². The number of aliphatic hydroxyl groups is 1. The molecule has 16 heavy (non-hydrogen) atoms. The SMILES string of the molecule is CC1(C)C[C@@H](O)[C@@]2(C#N)C=CC(=O)C[C@H]2O1. The largest absolute Gasteiger partial charge is 0.391 e. The number of hydrogen-bond acceptors (Lipinski definition) is 4. The van der Waals surface area contributed by atoms with Crippen LogP contribution in [0.15, 0.2) is 12.2 Å². The van der Waals surface area contributed by atoms with Crippen molar-refractivity contribution < 1.29 is 14.6 Å². The third-order valence-corrected chi connectivity index (χ3v) is 3.36. The van der Waals surface area contributed by atoms with Gasteiger partial charge in [0.15, 0.2) is 5.78 Å². The molecule has 0 aromatic carbocycles. The third kappa shape index (κ3) is 1.57. The molecule has 1 heterocycles. The Kier molecular flexibility index (Phi) is 2.41. The van der Waals surface area contributed by atoms with Crippen LogP contribution >= 0.6 is 0 Å². The van der Waals surface area contributed by atoms with Crippen molar-refractivity contribution in [3.8, 4) is 6.07 Å². The van der Waals surface area contributed by atoms with E-state index in [-0.39, 0.29) is 12.2 Å². The molecule has 1 N–H and O–H groups in total. The number of nitriles is 1. The van der Waals surface area contributed by atoms with Crippen molar-refractivity contribution in [2.45, 2.75) is 44.5 Å². The minimum Gasteiger partial charge on any atom is -0.391 e. The zero-order valence-corrected chi connectivity index (χ0v) is 9.43. The minimum atomic E-state index is -1.05. The highest BCUT2D eigenvalue weighted by Crippen LogP contribution is 2.45. The smallest absolute Gasteiger partial charge is 0.158 e. The Morgan fingerprint density at radius 1 is 1.62 bits per heavy atom. The Morgan fingerprint density at radius 3 is 2.94 bits per heavy atom. The standard InChI is InChI=1S/C12H15NO3/c1-11(2)6-9(15)12(7-13)4-3-8(14)5-10(12)16-11/h3-4,9-10,15H,5-6H2,1-2H3/t9-,10-,12+/m1/s1. The maximum atomic E-state index is 11.3. The van der Waals surface area contributed by atoms with E-state index in [9.17, 15) is 15.2 Å². The topological polar surface area (TPSA) is 70.3 Å². The lowest BCUT2D eigenvalue weighted by molar-refractivity contribution is -0.191. The highest BCUT2D eigenvalue weighted by atomic mass is 16.5. The summed E-state index contributed by atoms with van der Waals surface area (Å²) < 4.78 is 5.76. The van der Waals surface area contributed by atoms with Crippen molar-refractivity contribution in [2.75, 3.05) is 0 Å². The summed E-state index contributed by atoms with van der Waals surface area (Å²) >= 11 is 0. The number of hydrogen-bond donors (Lipinski definition) is 1. The van der Waals surface area contributed by atoms with Gasteiger partial charge in [-0.1, -0.05) is 6.08 Å². The fourth-order valence-electron chi connectivity index (χ4n) is 2.47. The molecule has 2 rings (SSSR count). The summed E-state index contributed by atoms with van der Waals surface area (Å²) in [7, 11) is 0. The molecule has 4 heteroatoms. The summed E-state index contributed by atoms with van der Waals surface area (Å²) in [6.45, 7) is 3.72. The first-order valence-electron chi connectivity index (χ1n) is 5.39. The molecule has 0 radical (unpaired) electrons. The van der Waals surface area contributed by atoms with Gasteiger partial charge in [0.25, 0.3) is 0 Å². The normalized spacial score (nSPS) is 41.2. The van der Waals surface area contributed by atoms with Crippen LogP contribution < -0.4 is 0 Å². The number of nitrogens with zero attached hydrogens (tertiary/aromatic N) is 1. The Morgan fingerprint density at radius 2 is 2.31 bits per heavy atom. The summed E-state index contributed by atoms with van der Waals surface area (Å²) in [5.74, 6) is -0.0548. The molecule has 1 aliphatic carbocycles. The van der Waals surface area contributed by atoms with E-state index in [2.05, 4.69) is 6.07 Å². The predicted molar refractivity (Wildman–Crippen MR) is 56.4 cm³/mol. The molecular weight excluding hydrogens is 206 g/mol. The third-order valence-electron chi connectivity index (χ3n) is 3.36. The van der Waals surface area contributed by atoms with Gasteiger partial charge in [-0.2, -0.15) is 5.26 Å². The van der Waals surface area contributed by atoms with Gasteiger partial charge in [-0.25, -0.2) is 0 Å². The van der Waals surface area contributed by atoms with Gasteiger partial charge < -0.3 is 9.84 Å². The molecule has 3 atom stereocenters. The van der Waals surface area contributed by atoms with Crippen molar-refractivity contribution in [3.05, 3.63) is 12.2 Å². The summed E-state index contributed by atoms with van der Waals surface area (Å²) in [5, 5.41) is 19.4. The molecule has 2 aliphatic rings. The first-order valence-corrected chi connectivity index (χ1v) is 5.39. The van der Waals surface area contributed by atoms with E-state index in [1.807, 2.05) is 13.8 Å². The number of rotatable bonds is 0. The van der Waals surface area contributed by atoms with E-state index in [0.717, 1.165) is 0 Å². The average molecular weight is 221 g/mol. The Labute approximate surface area is 94.5 Å². The molecule has 1 fully saturated rings. The molecule has 1 saturated heterocycles. The van der Waals surface area contributed by atoms with Crippen molar-refractivity contribution in [1.82, 2.24) is 0 Å². The van der Waals surface area contributed by atoms with Gasteiger partial charge in [0.05, 0.1) is 23.9 Å². The first kappa shape index (κ1) is 11.3. The monoisotopic (exact) mass is 221 g/mol. The van der Waals surface area contributed by atoms with Crippen LogP contribution in [0.5, 0.6) is 0 Å². The van der Waals surface area contributed by atoms with Crippen molar-refractivity contribution in [1.29, 1.82) is 5.26 Å². The van der Waals surface area contributed by atoms with Crippen LogP contribution in [0.4, 0.5) is 0 Å². The maximum absolute atomic E-state index is 11.3. The summed E-state index contributed by atoms with van der Waals surface area (Å²) in [5.41, 5.74) is -1.54. The van der Waals surface area contributed by atoms with Crippen LogP contribution in [0.2, 0.25) is 0 Å². The zero-order valence-electron chi connectivity index (χ0n) is 9.43. The second kappa shape index (κ2) is 3.41. The molecule has 0 spiro atoms. The molecule has 0 aromatic heterocycles. The van der Waals surface area contributed by atoms with Gasteiger partial charge >= 0.3 is 0 Å². The number of carbonyl (C=O) groups excluding carboxylic acids is 1.